The average Bonchev–Trinajstić information content (AvgIpc) is 3.09. The Morgan fingerprint density at radius 2 is 1.81 bits per heavy atom. The van der Waals surface area contributed by atoms with E-state index in [1.165, 1.54) is 18.2 Å². The second-order valence-corrected chi connectivity index (χ2v) is 13.1. The fraction of sp³-hybridized carbons (Fsp3) is 0.393. The van der Waals surface area contributed by atoms with Crippen LogP contribution in [0.15, 0.2) is 59.8 Å². The van der Waals surface area contributed by atoms with E-state index >= 15 is 0 Å². The number of benzene rings is 1. The third kappa shape index (κ3) is 5.61. The largest absolute Gasteiger partial charge is 0.384 e. The second-order valence-electron chi connectivity index (χ2n) is 11.5. The molecule has 1 atom stereocenters. The third-order valence-corrected chi connectivity index (χ3v) is 7.98. The lowest BCUT2D eigenvalue weighted by Gasteiger charge is -2.34. The number of amides is 1. The number of nitrogens with one attached hydrogen (secondary N) is 1. The molecule has 2 aromatic heterocycles. The molecule has 1 aliphatic heterocycles. The summed E-state index contributed by atoms with van der Waals surface area (Å²) in [6.45, 7) is 13.5. The van der Waals surface area contributed by atoms with Crippen LogP contribution in [0.4, 0.5) is 11.6 Å². The molecule has 9 heteroatoms. The van der Waals surface area contributed by atoms with Gasteiger partial charge in [-0.1, -0.05) is 58.0 Å². The van der Waals surface area contributed by atoms with Gasteiger partial charge < -0.3 is 10.6 Å². The first-order valence-electron chi connectivity index (χ1n) is 12.4. The number of hydrogen-bond acceptors (Lipinski definition) is 7. The lowest BCUT2D eigenvalue weighted by atomic mass is 9.85. The van der Waals surface area contributed by atoms with Gasteiger partial charge in [0.05, 0.1) is 5.56 Å². The highest BCUT2D eigenvalue weighted by Crippen LogP contribution is 2.38. The maximum Gasteiger partial charge on any atom is 0.281 e. The van der Waals surface area contributed by atoms with Gasteiger partial charge in [-0.3, -0.25) is 4.79 Å². The van der Waals surface area contributed by atoms with Crippen molar-refractivity contribution in [3.63, 3.8) is 0 Å². The van der Waals surface area contributed by atoms with Gasteiger partial charge in [-0.15, -0.1) is 0 Å². The van der Waals surface area contributed by atoms with Crippen LogP contribution in [0, 0.1) is 5.92 Å². The van der Waals surface area contributed by atoms with Crippen molar-refractivity contribution in [2.45, 2.75) is 63.9 Å². The number of carbonyl (C=O) groups excluding carboxylic acids is 1. The van der Waals surface area contributed by atoms with Gasteiger partial charge in [0.2, 0.25) is 0 Å². The van der Waals surface area contributed by atoms with E-state index in [9.17, 15) is 13.2 Å². The minimum atomic E-state index is -4.25. The molecular weight excluding hydrogens is 486 g/mol. The number of anilines is 2. The summed E-state index contributed by atoms with van der Waals surface area (Å²) in [4.78, 5) is 24.3. The number of rotatable bonds is 5. The fourth-order valence-electron chi connectivity index (χ4n) is 4.93. The summed E-state index contributed by atoms with van der Waals surface area (Å²) in [6.07, 6.45) is 2.68. The zero-order valence-corrected chi connectivity index (χ0v) is 23.1. The minimum absolute atomic E-state index is 0.0474. The zero-order valence-electron chi connectivity index (χ0n) is 22.2. The summed E-state index contributed by atoms with van der Waals surface area (Å²) < 4.78 is 28.2. The Hall–Kier alpha value is -3.46. The number of aromatic nitrogens is 2. The van der Waals surface area contributed by atoms with Crippen molar-refractivity contribution < 1.29 is 13.2 Å². The molecule has 3 heterocycles. The quantitative estimate of drug-likeness (QED) is 0.497. The van der Waals surface area contributed by atoms with E-state index < -0.39 is 15.9 Å². The van der Waals surface area contributed by atoms with Crippen LogP contribution in [0.2, 0.25) is 0 Å². The Labute approximate surface area is 219 Å². The van der Waals surface area contributed by atoms with E-state index in [2.05, 4.69) is 68.3 Å². The van der Waals surface area contributed by atoms with Gasteiger partial charge in [0.25, 0.3) is 15.9 Å². The number of hydrogen-bond donors (Lipinski definition) is 2. The zero-order chi connectivity index (χ0) is 27.2. The first-order valence-corrected chi connectivity index (χ1v) is 13.8. The van der Waals surface area contributed by atoms with Crippen LogP contribution in [0.5, 0.6) is 0 Å². The Balaban J connectivity index is 1.81. The molecule has 37 heavy (non-hydrogen) atoms. The maximum atomic E-state index is 13.6. The van der Waals surface area contributed by atoms with Crippen LogP contribution in [0.25, 0.3) is 11.1 Å². The number of sulfonamides is 1. The molecule has 0 spiro atoms. The van der Waals surface area contributed by atoms with Crippen LogP contribution in [-0.4, -0.2) is 36.4 Å². The second kappa shape index (κ2) is 9.45. The fourth-order valence-corrected chi connectivity index (χ4v) is 5.87. The summed E-state index contributed by atoms with van der Waals surface area (Å²) in [7, 11) is -4.25. The predicted molar refractivity (Wildman–Crippen MR) is 147 cm³/mol. The number of carbonyl (C=O) groups is 1. The number of nitrogens with zero attached hydrogens (tertiary/aromatic N) is 3. The average molecular weight is 522 g/mol. The minimum Gasteiger partial charge on any atom is -0.384 e. The molecule has 3 aromatic rings. The first kappa shape index (κ1) is 26.6. The summed E-state index contributed by atoms with van der Waals surface area (Å²) >= 11 is 0. The van der Waals surface area contributed by atoms with Crippen molar-refractivity contribution in [2.24, 2.45) is 5.92 Å². The predicted octanol–water partition coefficient (Wildman–Crippen LogP) is 4.77. The van der Waals surface area contributed by atoms with Gasteiger partial charge >= 0.3 is 0 Å². The van der Waals surface area contributed by atoms with E-state index in [-0.39, 0.29) is 27.4 Å². The van der Waals surface area contributed by atoms with Gasteiger partial charge in [0, 0.05) is 23.8 Å². The van der Waals surface area contributed by atoms with Gasteiger partial charge in [-0.25, -0.2) is 14.7 Å². The monoisotopic (exact) mass is 521 g/mol. The maximum absolute atomic E-state index is 13.6. The molecule has 4 rings (SSSR count). The molecule has 1 aliphatic rings. The smallest absolute Gasteiger partial charge is 0.281 e. The Kier molecular flexibility index (Phi) is 6.79. The molecule has 1 amide bonds. The molecular formula is C28H35N5O3S. The van der Waals surface area contributed by atoms with Crippen LogP contribution in [0.1, 0.15) is 63.9 Å². The molecule has 1 unspecified atom stereocenters. The van der Waals surface area contributed by atoms with Gasteiger partial charge in [-0.05, 0) is 60.9 Å². The highest BCUT2D eigenvalue weighted by atomic mass is 32.2. The van der Waals surface area contributed by atoms with Crippen molar-refractivity contribution >= 4 is 27.6 Å². The van der Waals surface area contributed by atoms with E-state index in [1.54, 1.807) is 12.3 Å². The normalized spacial score (nSPS) is 17.6. The van der Waals surface area contributed by atoms with Gasteiger partial charge in [0.1, 0.15) is 11.6 Å². The molecule has 0 radical (unpaired) electrons. The molecule has 0 aliphatic carbocycles. The lowest BCUT2D eigenvalue weighted by molar-refractivity contribution is 0.0981. The highest BCUT2D eigenvalue weighted by Gasteiger charge is 2.39. The van der Waals surface area contributed by atoms with Crippen LogP contribution >= 0.6 is 0 Å². The Morgan fingerprint density at radius 1 is 1.11 bits per heavy atom. The topological polar surface area (TPSA) is 118 Å². The molecule has 0 saturated carbocycles. The molecule has 1 aromatic carbocycles. The molecule has 3 N–H and O–H groups in total. The van der Waals surface area contributed by atoms with Crippen molar-refractivity contribution in [1.29, 1.82) is 0 Å². The SMILES string of the molecule is CC1CN(c2ncc(-c3cccc(C(C)(C)C)c3)cc2C(=O)NS(=O)(=O)c2cccc(N)n2)C(C)(C)C1. The van der Waals surface area contributed by atoms with Crippen LogP contribution in [-0.2, 0) is 15.4 Å². The molecule has 8 nitrogen and oxygen atoms in total. The first-order chi connectivity index (χ1) is 17.2. The summed E-state index contributed by atoms with van der Waals surface area (Å²) in [5.41, 5.74) is 8.32. The highest BCUT2D eigenvalue weighted by molar-refractivity contribution is 7.90. The Morgan fingerprint density at radius 3 is 2.43 bits per heavy atom. The summed E-state index contributed by atoms with van der Waals surface area (Å²) in [5.74, 6) is 0.136. The van der Waals surface area contributed by atoms with Crippen molar-refractivity contribution in [3.8, 4) is 11.1 Å². The summed E-state index contributed by atoms with van der Waals surface area (Å²) in [6, 6.07) is 14.1. The molecule has 0 bridgehead atoms. The Bertz CT molecular complexity index is 1440. The molecule has 196 valence electrons. The number of nitrogens with two attached hydrogens (primary N) is 1. The molecule has 1 saturated heterocycles. The van der Waals surface area contributed by atoms with Crippen LogP contribution < -0.4 is 15.4 Å². The van der Waals surface area contributed by atoms with Crippen LogP contribution in [0.3, 0.4) is 0 Å². The number of pyridine rings is 2. The third-order valence-electron chi connectivity index (χ3n) is 6.75. The van der Waals surface area contributed by atoms with Crippen molar-refractivity contribution in [1.82, 2.24) is 14.7 Å². The number of nitrogen functional groups attached to an aromatic ring is 1. The lowest BCUT2D eigenvalue weighted by Crippen LogP contribution is -2.41. The molecule has 1 fully saturated rings. The van der Waals surface area contributed by atoms with E-state index in [0.29, 0.717) is 18.3 Å². The standard InChI is InChI=1S/C28H35N5O3S/c1-18-15-28(5,6)33(17-18)25-22(26(34)32-37(35,36)24-12-8-11-23(29)31-24)14-20(16-30-25)19-9-7-10-21(13-19)27(2,3)4/h7-14,16,18H,15,17H2,1-6H3,(H2,29,31)(H,32,34). The van der Waals surface area contributed by atoms with E-state index in [1.807, 2.05) is 12.1 Å². The van der Waals surface area contributed by atoms with Crippen molar-refractivity contribution in [2.75, 3.05) is 17.2 Å². The van der Waals surface area contributed by atoms with Gasteiger partial charge in [-0.2, -0.15) is 8.42 Å². The summed E-state index contributed by atoms with van der Waals surface area (Å²) in [5, 5.41) is -0.320. The van der Waals surface area contributed by atoms with E-state index in [4.69, 9.17) is 10.7 Å². The van der Waals surface area contributed by atoms with E-state index in [0.717, 1.165) is 23.1 Å². The van der Waals surface area contributed by atoms with Crippen molar-refractivity contribution in [3.05, 3.63) is 65.9 Å². The van der Waals surface area contributed by atoms with Gasteiger partial charge in [0.15, 0.2) is 5.03 Å².